The highest BCUT2D eigenvalue weighted by Crippen LogP contribution is 2.29. The molecule has 7 heteroatoms. The van der Waals surface area contributed by atoms with Gasteiger partial charge in [0.1, 0.15) is 11.6 Å². The van der Waals surface area contributed by atoms with E-state index in [9.17, 15) is 13.6 Å². The normalized spacial score (nSPS) is 11.5. The van der Waals surface area contributed by atoms with Crippen LogP contribution in [0.15, 0.2) is 48.8 Å². The van der Waals surface area contributed by atoms with Crippen molar-refractivity contribution in [1.82, 2.24) is 20.0 Å². The number of aromatic amines is 1. The molecular weight excluding hydrogens is 350 g/mol. The Morgan fingerprint density at radius 3 is 2.63 bits per heavy atom. The third-order valence-corrected chi connectivity index (χ3v) is 4.20. The SMILES string of the molecule is CC(=O)n1cc(-c2cc3c(/C=C/c4ccc(F)cc4)n[nH]c3cc2F)cn1. The topological polar surface area (TPSA) is 63.6 Å². The number of H-pyrrole nitrogens is 1. The van der Waals surface area contributed by atoms with Gasteiger partial charge in [0.05, 0.1) is 17.4 Å². The summed E-state index contributed by atoms with van der Waals surface area (Å²) in [6.45, 7) is 1.38. The van der Waals surface area contributed by atoms with Gasteiger partial charge in [-0.1, -0.05) is 18.2 Å². The van der Waals surface area contributed by atoms with Gasteiger partial charge in [0, 0.05) is 35.7 Å². The van der Waals surface area contributed by atoms with Crippen LogP contribution in [-0.2, 0) is 0 Å². The van der Waals surface area contributed by atoms with Crippen molar-refractivity contribution in [1.29, 1.82) is 0 Å². The second kappa shape index (κ2) is 6.60. The fourth-order valence-electron chi connectivity index (χ4n) is 2.79. The van der Waals surface area contributed by atoms with Crippen molar-refractivity contribution in [2.45, 2.75) is 6.92 Å². The van der Waals surface area contributed by atoms with Crippen LogP contribution in [0.4, 0.5) is 8.78 Å². The number of aromatic nitrogens is 4. The molecule has 0 aliphatic heterocycles. The van der Waals surface area contributed by atoms with E-state index in [0.717, 1.165) is 15.6 Å². The summed E-state index contributed by atoms with van der Waals surface area (Å²) in [5.74, 6) is -0.999. The molecule has 2 aromatic carbocycles. The van der Waals surface area contributed by atoms with Crippen molar-refractivity contribution in [3.8, 4) is 11.1 Å². The average Bonchev–Trinajstić information content (AvgIpc) is 3.27. The van der Waals surface area contributed by atoms with E-state index in [2.05, 4.69) is 15.3 Å². The standard InChI is InChI=1S/C20H14F2N4O/c1-12(27)26-11-14(10-23-26)16-8-17-19(24-25-20(17)9-18(16)22)7-4-13-2-5-15(21)6-3-13/h2-11H,1H3,(H,24,25)/b7-4+. The van der Waals surface area contributed by atoms with Gasteiger partial charge in [-0.25, -0.2) is 13.5 Å². The molecule has 0 atom stereocenters. The first-order valence-corrected chi connectivity index (χ1v) is 8.18. The van der Waals surface area contributed by atoms with Gasteiger partial charge in [-0.3, -0.25) is 9.89 Å². The van der Waals surface area contributed by atoms with Crippen molar-refractivity contribution in [2.24, 2.45) is 0 Å². The zero-order chi connectivity index (χ0) is 19.0. The summed E-state index contributed by atoms with van der Waals surface area (Å²) in [6.07, 6.45) is 6.50. The number of nitrogens with zero attached hydrogens (tertiary/aromatic N) is 3. The molecule has 5 nitrogen and oxygen atoms in total. The second-order valence-corrected chi connectivity index (χ2v) is 6.06. The number of halogens is 2. The quantitative estimate of drug-likeness (QED) is 0.581. The molecule has 0 aliphatic carbocycles. The summed E-state index contributed by atoms with van der Waals surface area (Å²) >= 11 is 0. The summed E-state index contributed by atoms with van der Waals surface area (Å²) in [7, 11) is 0. The van der Waals surface area contributed by atoms with Crippen LogP contribution >= 0.6 is 0 Å². The van der Waals surface area contributed by atoms with Crippen molar-refractivity contribution < 1.29 is 13.6 Å². The zero-order valence-corrected chi connectivity index (χ0v) is 14.3. The van der Waals surface area contributed by atoms with Crippen LogP contribution in [0.5, 0.6) is 0 Å². The van der Waals surface area contributed by atoms with E-state index in [1.54, 1.807) is 30.4 Å². The van der Waals surface area contributed by atoms with Crippen molar-refractivity contribution in [3.05, 3.63) is 71.7 Å². The predicted molar refractivity (Wildman–Crippen MR) is 98.9 cm³/mol. The van der Waals surface area contributed by atoms with E-state index in [1.807, 2.05) is 0 Å². The number of carbonyl (C=O) groups is 1. The van der Waals surface area contributed by atoms with Crippen LogP contribution in [0.25, 0.3) is 34.2 Å². The average molecular weight is 364 g/mol. The third kappa shape index (κ3) is 3.27. The molecule has 1 N–H and O–H groups in total. The molecule has 0 radical (unpaired) electrons. The zero-order valence-electron chi connectivity index (χ0n) is 14.3. The van der Waals surface area contributed by atoms with Crippen LogP contribution in [0, 0.1) is 11.6 Å². The lowest BCUT2D eigenvalue weighted by molar-refractivity contribution is 0.0921. The number of rotatable bonds is 3. The Morgan fingerprint density at radius 2 is 1.93 bits per heavy atom. The van der Waals surface area contributed by atoms with Gasteiger partial charge >= 0.3 is 0 Å². The predicted octanol–water partition coefficient (Wildman–Crippen LogP) is 4.54. The number of hydrogen-bond acceptors (Lipinski definition) is 3. The summed E-state index contributed by atoms with van der Waals surface area (Å²) < 4.78 is 28.6. The minimum atomic E-state index is -0.441. The van der Waals surface area contributed by atoms with Crippen LogP contribution in [0.3, 0.4) is 0 Å². The molecule has 27 heavy (non-hydrogen) atoms. The van der Waals surface area contributed by atoms with E-state index in [4.69, 9.17) is 0 Å². The Morgan fingerprint density at radius 1 is 1.15 bits per heavy atom. The van der Waals surface area contributed by atoms with Gasteiger partial charge in [-0.05, 0) is 29.8 Å². The molecule has 0 unspecified atom stereocenters. The monoisotopic (exact) mass is 364 g/mol. The lowest BCUT2D eigenvalue weighted by Crippen LogP contribution is -2.04. The molecule has 0 saturated carbocycles. The summed E-state index contributed by atoms with van der Waals surface area (Å²) in [5.41, 5.74) is 2.81. The van der Waals surface area contributed by atoms with Gasteiger partial charge < -0.3 is 0 Å². The summed E-state index contributed by atoms with van der Waals surface area (Å²) in [5, 5.41) is 11.7. The second-order valence-electron chi connectivity index (χ2n) is 6.06. The largest absolute Gasteiger partial charge is 0.277 e. The Bertz CT molecular complexity index is 1170. The van der Waals surface area contributed by atoms with Crippen LogP contribution in [0.2, 0.25) is 0 Å². The van der Waals surface area contributed by atoms with Crippen molar-refractivity contribution in [3.63, 3.8) is 0 Å². The minimum absolute atomic E-state index is 0.256. The molecule has 134 valence electrons. The fraction of sp³-hybridized carbons (Fsp3) is 0.0500. The van der Waals surface area contributed by atoms with Crippen molar-refractivity contribution >= 4 is 29.0 Å². The molecular formula is C20H14F2N4O. The van der Waals surface area contributed by atoms with Gasteiger partial charge in [-0.15, -0.1) is 0 Å². The minimum Gasteiger partial charge on any atom is -0.277 e. The Kier molecular flexibility index (Phi) is 4.12. The molecule has 0 saturated heterocycles. The molecule has 4 rings (SSSR count). The first kappa shape index (κ1) is 16.8. The summed E-state index contributed by atoms with van der Waals surface area (Å²) in [6, 6.07) is 9.09. The van der Waals surface area contributed by atoms with E-state index in [1.165, 1.54) is 37.5 Å². The van der Waals surface area contributed by atoms with E-state index in [-0.39, 0.29) is 11.7 Å². The summed E-state index contributed by atoms with van der Waals surface area (Å²) in [4.78, 5) is 11.4. The van der Waals surface area contributed by atoms with E-state index in [0.29, 0.717) is 22.3 Å². The smallest absolute Gasteiger partial charge is 0.243 e. The van der Waals surface area contributed by atoms with Gasteiger partial charge in [0.25, 0.3) is 0 Å². The molecule has 2 aromatic heterocycles. The van der Waals surface area contributed by atoms with E-state index >= 15 is 0 Å². The van der Waals surface area contributed by atoms with Gasteiger partial charge in [-0.2, -0.15) is 10.2 Å². The number of carbonyl (C=O) groups excluding carboxylic acids is 1. The van der Waals surface area contributed by atoms with Gasteiger partial charge in [0.2, 0.25) is 5.91 Å². The Hall–Kier alpha value is -3.61. The number of benzene rings is 2. The van der Waals surface area contributed by atoms with Crippen LogP contribution < -0.4 is 0 Å². The Balaban J connectivity index is 1.75. The molecule has 4 aromatic rings. The number of nitrogens with one attached hydrogen (secondary N) is 1. The first-order valence-electron chi connectivity index (χ1n) is 8.18. The molecule has 0 aliphatic rings. The molecule has 0 fully saturated rings. The molecule has 0 spiro atoms. The van der Waals surface area contributed by atoms with Crippen molar-refractivity contribution in [2.75, 3.05) is 0 Å². The highest BCUT2D eigenvalue weighted by molar-refractivity contribution is 5.92. The molecule has 0 amide bonds. The number of hydrogen-bond donors (Lipinski definition) is 1. The molecule has 0 bridgehead atoms. The van der Waals surface area contributed by atoms with Gasteiger partial charge in [0.15, 0.2) is 0 Å². The van der Waals surface area contributed by atoms with Crippen LogP contribution in [0.1, 0.15) is 23.0 Å². The maximum Gasteiger partial charge on any atom is 0.243 e. The molecule has 2 heterocycles. The first-order chi connectivity index (χ1) is 13.0. The lowest BCUT2D eigenvalue weighted by atomic mass is 10.0. The highest BCUT2D eigenvalue weighted by atomic mass is 19.1. The third-order valence-electron chi connectivity index (χ3n) is 4.20. The maximum atomic E-state index is 14.5. The number of fused-ring (bicyclic) bond motifs is 1. The Labute approximate surface area is 152 Å². The van der Waals surface area contributed by atoms with Crippen LogP contribution in [-0.4, -0.2) is 25.9 Å². The van der Waals surface area contributed by atoms with E-state index < -0.39 is 5.82 Å². The lowest BCUT2D eigenvalue weighted by Gasteiger charge is -2.01. The highest BCUT2D eigenvalue weighted by Gasteiger charge is 2.13. The fourth-order valence-corrected chi connectivity index (χ4v) is 2.79. The maximum absolute atomic E-state index is 14.5.